The van der Waals surface area contributed by atoms with E-state index in [0.29, 0.717) is 17.9 Å². The standard InChI is InChI=1S/C18H31NO2/c1-13(2)12-21-17-8-6-16(7-9-17)15(5)19-18(10-11-20)14(3)4/h6-9,13-15,18-20H,10-12H2,1-5H3. The second-order valence-electron chi connectivity index (χ2n) is 6.53. The fourth-order valence-corrected chi connectivity index (χ4v) is 2.28. The van der Waals surface area contributed by atoms with Gasteiger partial charge in [-0.1, -0.05) is 39.8 Å². The third-order valence-electron chi connectivity index (χ3n) is 3.67. The number of benzene rings is 1. The zero-order valence-electron chi connectivity index (χ0n) is 14.1. The highest BCUT2D eigenvalue weighted by Gasteiger charge is 2.16. The molecule has 0 fully saturated rings. The Morgan fingerprint density at radius 3 is 2.14 bits per heavy atom. The van der Waals surface area contributed by atoms with E-state index in [1.807, 2.05) is 12.1 Å². The van der Waals surface area contributed by atoms with Crippen molar-refractivity contribution >= 4 is 0 Å². The van der Waals surface area contributed by atoms with Crippen LogP contribution in [0.15, 0.2) is 24.3 Å². The van der Waals surface area contributed by atoms with Crippen molar-refractivity contribution in [3.8, 4) is 5.75 Å². The van der Waals surface area contributed by atoms with Crippen molar-refractivity contribution in [1.82, 2.24) is 5.32 Å². The van der Waals surface area contributed by atoms with Gasteiger partial charge in [-0.15, -0.1) is 0 Å². The van der Waals surface area contributed by atoms with Crippen LogP contribution in [0.25, 0.3) is 0 Å². The molecule has 0 heterocycles. The molecule has 0 radical (unpaired) electrons. The van der Waals surface area contributed by atoms with Crippen LogP contribution in [0.1, 0.15) is 52.6 Å². The molecule has 0 aromatic heterocycles. The molecule has 0 saturated heterocycles. The summed E-state index contributed by atoms with van der Waals surface area (Å²) in [5.74, 6) is 1.97. The molecule has 0 spiro atoms. The molecule has 3 nitrogen and oxygen atoms in total. The lowest BCUT2D eigenvalue weighted by atomic mass is 9.98. The van der Waals surface area contributed by atoms with Crippen molar-refractivity contribution in [2.75, 3.05) is 13.2 Å². The molecular formula is C18H31NO2. The van der Waals surface area contributed by atoms with Gasteiger partial charge in [0.15, 0.2) is 0 Å². The van der Waals surface area contributed by atoms with E-state index in [2.05, 4.69) is 52.1 Å². The van der Waals surface area contributed by atoms with Crippen LogP contribution in [-0.2, 0) is 0 Å². The Morgan fingerprint density at radius 1 is 1.05 bits per heavy atom. The van der Waals surface area contributed by atoms with Gasteiger partial charge in [-0.05, 0) is 42.9 Å². The van der Waals surface area contributed by atoms with Gasteiger partial charge >= 0.3 is 0 Å². The van der Waals surface area contributed by atoms with Crippen LogP contribution in [0, 0.1) is 11.8 Å². The molecule has 1 rings (SSSR count). The number of aliphatic hydroxyl groups excluding tert-OH is 1. The van der Waals surface area contributed by atoms with E-state index in [9.17, 15) is 0 Å². The summed E-state index contributed by atoms with van der Waals surface area (Å²) in [4.78, 5) is 0. The highest BCUT2D eigenvalue weighted by atomic mass is 16.5. The van der Waals surface area contributed by atoms with E-state index in [-0.39, 0.29) is 12.6 Å². The largest absolute Gasteiger partial charge is 0.493 e. The second kappa shape index (κ2) is 9.06. The zero-order valence-corrected chi connectivity index (χ0v) is 14.1. The highest BCUT2D eigenvalue weighted by Crippen LogP contribution is 2.20. The summed E-state index contributed by atoms with van der Waals surface area (Å²) in [5.41, 5.74) is 1.25. The van der Waals surface area contributed by atoms with Crippen molar-refractivity contribution in [3.63, 3.8) is 0 Å². The predicted molar refractivity (Wildman–Crippen MR) is 88.7 cm³/mol. The minimum atomic E-state index is 0.227. The first-order valence-corrected chi connectivity index (χ1v) is 8.03. The lowest BCUT2D eigenvalue weighted by Gasteiger charge is -2.26. The highest BCUT2D eigenvalue weighted by molar-refractivity contribution is 5.29. The van der Waals surface area contributed by atoms with E-state index in [1.54, 1.807) is 0 Å². The maximum absolute atomic E-state index is 9.15. The molecule has 0 saturated carbocycles. The average Bonchev–Trinajstić information content (AvgIpc) is 2.45. The molecule has 2 atom stereocenters. The lowest BCUT2D eigenvalue weighted by Crippen LogP contribution is -2.36. The van der Waals surface area contributed by atoms with Gasteiger partial charge in [-0.3, -0.25) is 0 Å². The SMILES string of the molecule is CC(C)COc1ccc(C(C)NC(CCO)C(C)C)cc1. The van der Waals surface area contributed by atoms with Gasteiger partial charge in [0.25, 0.3) is 0 Å². The molecule has 120 valence electrons. The van der Waals surface area contributed by atoms with Gasteiger partial charge in [-0.2, -0.15) is 0 Å². The molecule has 0 aliphatic heterocycles. The maximum Gasteiger partial charge on any atom is 0.119 e. The molecule has 2 N–H and O–H groups in total. The van der Waals surface area contributed by atoms with Crippen LogP contribution in [-0.4, -0.2) is 24.4 Å². The summed E-state index contributed by atoms with van der Waals surface area (Å²) in [7, 11) is 0. The van der Waals surface area contributed by atoms with Gasteiger partial charge in [0.2, 0.25) is 0 Å². The molecule has 1 aromatic rings. The fraction of sp³-hybridized carbons (Fsp3) is 0.667. The Labute approximate surface area is 129 Å². The van der Waals surface area contributed by atoms with Crippen LogP contribution in [0.5, 0.6) is 5.75 Å². The molecule has 2 unspecified atom stereocenters. The summed E-state index contributed by atoms with van der Waals surface area (Å²) in [5, 5.41) is 12.8. The van der Waals surface area contributed by atoms with Gasteiger partial charge in [0, 0.05) is 18.7 Å². The van der Waals surface area contributed by atoms with E-state index < -0.39 is 0 Å². The molecule has 0 amide bonds. The summed E-state index contributed by atoms with van der Waals surface area (Å²) in [6, 6.07) is 8.90. The second-order valence-corrected chi connectivity index (χ2v) is 6.53. The van der Waals surface area contributed by atoms with E-state index >= 15 is 0 Å². The Balaban J connectivity index is 2.59. The fourth-order valence-electron chi connectivity index (χ4n) is 2.28. The zero-order chi connectivity index (χ0) is 15.8. The van der Waals surface area contributed by atoms with E-state index in [0.717, 1.165) is 18.8 Å². The first kappa shape index (κ1) is 18.0. The van der Waals surface area contributed by atoms with Crippen molar-refractivity contribution in [2.45, 2.75) is 53.1 Å². The molecule has 0 aliphatic rings. The Bertz CT molecular complexity index is 387. The van der Waals surface area contributed by atoms with Crippen LogP contribution in [0.4, 0.5) is 0 Å². The van der Waals surface area contributed by atoms with E-state index in [1.165, 1.54) is 5.56 Å². The van der Waals surface area contributed by atoms with Gasteiger partial charge in [0.05, 0.1) is 6.61 Å². The van der Waals surface area contributed by atoms with Crippen molar-refractivity contribution in [3.05, 3.63) is 29.8 Å². The van der Waals surface area contributed by atoms with Crippen LogP contribution in [0.2, 0.25) is 0 Å². The number of hydrogen-bond acceptors (Lipinski definition) is 3. The minimum absolute atomic E-state index is 0.227. The average molecular weight is 293 g/mol. The summed E-state index contributed by atoms with van der Waals surface area (Å²) < 4.78 is 5.71. The lowest BCUT2D eigenvalue weighted by molar-refractivity contribution is 0.237. The normalized spacial score (nSPS) is 14.5. The van der Waals surface area contributed by atoms with Crippen molar-refractivity contribution in [2.24, 2.45) is 11.8 Å². The van der Waals surface area contributed by atoms with Gasteiger partial charge in [-0.25, -0.2) is 0 Å². The summed E-state index contributed by atoms with van der Waals surface area (Å²) >= 11 is 0. The number of ether oxygens (including phenoxy) is 1. The third kappa shape index (κ3) is 6.49. The number of rotatable bonds is 9. The maximum atomic E-state index is 9.15. The third-order valence-corrected chi connectivity index (χ3v) is 3.67. The summed E-state index contributed by atoms with van der Waals surface area (Å²) in [6.07, 6.45) is 0.789. The molecular weight excluding hydrogens is 262 g/mol. The van der Waals surface area contributed by atoms with Gasteiger partial charge in [0.1, 0.15) is 5.75 Å². The smallest absolute Gasteiger partial charge is 0.119 e. The Kier molecular flexibility index (Phi) is 7.76. The quantitative estimate of drug-likeness (QED) is 0.728. The molecule has 0 bridgehead atoms. The molecule has 3 heteroatoms. The first-order chi connectivity index (χ1) is 9.93. The van der Waals surface area contributed by atoms with Crippen LogP contribution >= 0.6 is 0 Å². The number of nitrogens with one attached hydrogen (secondary N) is 1. The minimum Gasteiger partial charge on any atom is -0.493 e. The molecule has 0 aliphatic carbocycles. The van der Waals surface area contributed by atoms with Crippen molar-refractivity contribution in [1.29, 1.82) is 0 Å². The topological polar surface area (TPSA) is 41.5 Å². The Morgan fingerprint density at radius 2 is 1.67 bits per heavy atom. The first-order valence-electron chi connectivity index (χ1n) is 8.03. The predicted octanol–water partition coefficient (Wildman–Crippen LogP) is 3.78. The van der Waals surface area contributed by atoms with E-state index in [4.69, 9.17) is 9.84 Å². The van der Waals surface area contributed by atoms with Crippen LogP contribution < -0.4 is 10.1 Å². The Hall–Kier alpha value is -1.06. The van der Waals surface area contributed by atoms with Crippen LogP contribution in [0.3, 0.4) is 0 Å². The summed E-state index contributed by atoms with van der Waals surface area (Å²) in [6.45, 7) is 11.8. The van der Waals surface area contributed by atoms with Gasteiger partial charge < -0.3 is 15.2 Å². The number of hydrogen-bond donors (Lipinski definition) is 2. The molecule has 21 heavy (non-hydrogen) atoms. The number of aliphatic hydroxyl groups is 1. The van der Waals surface area contributed by atoms with Crippen molar-refractivity contribution < 1.29 is 9.84 Å². The molecule has 1 aromatic carbocycles. The monoisotopic (exact) mass is 293 g/mol.